The van der Waals surface area contributed by atoms with Crippen LogP contribution >= 0.6 is 0 Å². The molecule has 0 amide bonds. The van der Waals surface area contributed by atoms with E-state index in [-0.39, 0.29) is 0 Å². The SMILES string of the molecule is CCCC(=O)O.CCCCC(=O)O.CCCCn1ccnc1.CCCn1ccnc1.CCOCCOC.CCn1ccnc1. The minimum Gasteiger partial charge on any atom is -0.481 e. The molecule has 254 valence electrons. The fourth-order valence-corrected chi connectivity index (χ4v) is 2.74. The number of hydrogen-bond donors (Lipinski definition) is 2. The van der Waals surface area contributed by atoms with Crippen molar-refractivity contribution in [3.63, 3.8) is 0 Å². The molecule has 3 rings (SSSR count). The number of carboxylic acid groups (broad SMARTS) is 2. The smallest absolute Gasteiger partial charge is 0.303 e. The van der Waals surface area contributed by atoms with Crippen LogP contribution in [0.5, 0.6) is 0 Å². The van der Waals surface area contributed by atoms with Crippen molar-refractivity contribution in [1.82, 2.24) is 28.7 Å². The number of methoxy groups -OCH3 is 1. The standard InChI is InChI=1S/C7H12N2.C6H10N2.C5H8N2.C5H12O2.C5H10O2.C4H8O2/c1-2-3-5-9-6-4-8-7-9;1-2-4-8-5-3-7-6-8;1-2-7-4-3-6-5-7;1-3-7-5-4-6-2;1-2-3-4-5(6)7;1-2-3-4(5)6/h4,6-7H,2-3,5H2,1H3;3,5-6H,2,4H2,1H3;3-5H,2H2,1H3;3-5H2,1-2H3;2-4H2,1H3,(H,6,7);2-3H2,1H3,(H,5,6). The lowest BCUT2D eigenvalue weighted by molar-refractivity contribution is -0.138. The molecule has 3 aromatic heterocycles. The van der Waals surface area contributed by atoms with E-state index >= 15 is 0 Å². The quantitative estimate of drug-likeness (QED) is 0.177. The molecule has 0 aliphatic rings. The highest BCUT2D eigenvalue weighted by molar-refractivity contribution is 5.66. The monoisotopic (exact) mass is 624 g/mol. The Bertz CT molecular complexity index is 915. The first-order valence-electron chi connectivity index (χ1n) is 15.6. The predicted molar refractivity (Wildman–Crippen MR) is 176 cm³/mol. The van der Waals surface area contributed by atoms with Crippen molar-refractivity contribution in [3.05, 3.63) is 56.2 Å². The second-order valence-corrected chi connectivity index (χ2v) is 9.18. The van der Waals surface area contributed by atoms with Crippen molar-refractivity contribution in [2.45, 2.75) is 113 Å². The molecule has 0 aliphatic heterocycles. The molecule has 0 aromatic carbocycles. The Kier molecular flexibility index (Phi) is 38.3. The zero-order valence-electron chi connectivity index (χ0n) is 28.3. The van der Waals surface area contributed by atoms with Crippen molar-refractivity contribution in [2.24, 2.45) is 0 Å². The number of aliphatic carboxylic acids is 2. The number of hydrogen-bond acceptors (Lipinski definition) is 7. The second-order valence-electron chi connectivity index (χ2n) is 9.18. The summed E-state index contributed by atoms with van der Waals surface area (Å²) in [6.07, 6.45) is 23.6. The normalized spacial score (nSPS) is 9.25. The molecule has 3 aromatic rings. The summed E-state index contributed by atoms with van der Waals surface area (Å²) in [7, 11) is 1.67. The molecule has 0 atom stereocenters. The molecule has 44 heavy (non-hydrogen) atoms. The molecular weight excluding hydrogens is 564 g/mol. The summed E-state index contributed by atoms with van der Waals surface area (Å²) in [6.45, 7) is 17.6. The van der Waals surface area contributed by atoms with E-state index in [2.05, 4.69) is 44.9 Å². The average Bonchev–Trinajstić information content (AvgIpc) is 3.82. The number of imidazole rings is 3. The van der Waals surface area contributed by atoms with Crippen LogP contribution < -0.4 is 0 Å². The number of carboxylic acids is 2. The van der Waals surface area contributed by atoms with Gasteiger partial charge in [-0.2, -0.15) is 0 Å². The number of unbranched alkanes of at least 4 members (excludes halogenated alkanes) is 2. The second kappa shape index (κ2) is 37.5. The number of carbonyl (C=O) groups is 2. The molecule has 0 bridgehead atoms. The van der Waals surface area contributed by atoms with Crippen LogP contribution in [0, 0.1) is 0 Å². The molecule has 0 saturated carbocycles. The summed E-state index contributed by atoms with van der Waals surface area (Å²) in [6, 6.07) is 0. The van der Waals surface area contributed by atoms with Crippen LogP contribution in [-0.4, -0.2) is 77.7 Å². The Morgan fingerprint density at radius 2 is 1.14 bits per heavy atom. The average molecular weight is 625 g/mol. The van der Waals surface area contributed by atoms with Crippen molar-refractivity contribution in [3.8, 4) is 0 Å². The first kappa shape index (κ1) is 44.9. The highest BCUT2D eigenvalue weighted by Gasteiger charge is 1.91. The Balaban J connectivity index is -0.000000461. The van der Waals surface area contributed by atoms with Gasteiger partial charge in [-0.1, -0.05) is 40.5 Å². The van der Waals surface area contributed by atoms with Gasteiger partial charge in [-0.15, -0.1) is 0 Å². The number of rotatable bonds is 15. The fraction of sp³-hybridized carbons (Fsp3) is 0.656. The summed E-state index contributed by atoms with van der Waals surface area (Å²) < 4.78 is 15.9. The van der Waals surface area contributed by atoms with Crippen LogP contribution in [-0.2, 0) is 38.7 Å². The topological polar surface area (TPSA) is 147 Å². The van der Waals surface area contributed by atoms with Gasteiger partial charge in [0.2, 0.25) is 0 Å². The maximum absolute atomic E-state index is 9.76. The highest BCUT2D eigenvalue weighted by atomic mass is 16.5. The van der Waals surface area contributed by atoms with Gasteiger partial charge in [0, 0.05) is 83.4 Å². The molecule has 0 spiro atoms. The number of aromatic nitrogens is 6. The zero-order chi connectivity index (χ0) is 33.7. The van der Waals surface area contributed by atoms with Crippen LogP contribution in [0.15, 0.2) is 56.2 Å². The van der Waals surface area contributed by atoms with Crippen molar-refractivity contribution in [2.75, 3.05) is 26.9 Å². The van der Waals surface area contributed by atoms with Crippen molar-refractivity contribution >= 4 is 11.9 Å². The zero-order valence-corrected chi connectivity index (χ0v) is 28.3. The first-order valence-corrected chi connectivity index (χ1v) is 15.6. The van der Waals surface area contributed by atoms with E-state index in [1.807, 2.05) is 62.8 Å². The molecule has 12 nitrogen and oxygen atoms in total. The molecule has 2 N–H and O–H groups in total. The molecule has 0 fully saturated rings. The molecule has 0 radical (unpaired) electrons. The highest BCUT2D eigenvalue weighted by Crippen LogP contribution is 1.93. The third-order valence-electron chi connectivity index (χ3n) is 5.14. The minimum absolute atomic E-state index is 0.292. The van der Waals surface area contributed by atoms with E-state index in [9.17, 15) is 9.59 Å². The van der Waals surface area contributed by atoms with E-state index < -0.39 is 11.9 Å². The largest absolute Gasteiger partial charge is 0.481 e. The summed E-state index contributed by atoms with van der Waals surface area (Å²) >= 11 is 0. The lowest BCUT2D eigenvalue weighted by Gasteiger charge is -1.96. The summed E-state index contributed by atoms with van der Waals surface area (Å²) in [5.41, 5.74) is 0. The van der Waals surface area contributed by atoms with E-state index in [4.69, 9.17) is 19.7 Å². The maximum Gasteiger partial charge on any atom is 0.303 e. The van der Waals surface area contributed by atoms with Crippen molar-refractivity contribution in [1.29, 1.82) is 0 Å². The maximum atomic E-state index is 9.76. The Morgan fingerprint density at radius 1 is 0.636 bits per heavy atom. The molecule has 0 aliphatic carbocycles. The van der Waals surface area contributed by atoms with Crippen LogP contribution in [0.25, 0.3) is 0 Å². The fourth-order valence-electron chi connectivity index (χ4n) is 2.74. The lowest BCUT2D eigenvalue weighted by Crippen LogP contribution is -2.00. The van der Waals surface area contributed by atoms with Crippen LogP contribution in [0.1, 0.15) is 92.9 Å². The number of nitrogens with zero attached hydrogens (tertiary/aromatic N) is 6. The lowest BCUT2D eigenvalue weighted by atomic mass is 10.3. The van der Waals surface area contributed by atoms with Crippen LogP contribution in [0.2, 0.25) is 0 Å². The van der Waals surface area contributed by atoms with Crippen LogP contribution in [0.3, 0.4) is 0 Å². The van der Waals surface area contributed by atoms with Gasteiger partial charge in [0.15, 0.2) is 0 Å². The first-order chi connectivity index (χ1) is 21.2. The Morgan fingerprint density at radius 3 is 1.41 bits per heavy atom. The molecule has 0 unspecified atom stereocenters. The summed E-state index contributed by atoms with van der Waals surface area (Å²) in [5.74, 6) is -1.40. The van der Waals surface area contributed by atoms with Gasteiger partial charge in [-0.3, -0.25) is 9.59 Å². The van der Waals surface area contributed by atoms with Crippen molar-refractivity contribution < 1.29 is 29.3 Å². The van der Waals surface area contributed by atoms with E-state index in [0.717, 1.165) is 45.5 Å². The molecule has 0 saturated heterocycles. The summed E-state index contributed by atoms with van der Waals surface area (Å²) in [4.78, 5) is 31.1. The third kappa shape index (κ3) is 38.5. The molecular formula is C32H60N6O6. The van der Waals surface area contributed by atoms with Gasteiger partial charge in [0.05, 0.1) is 32.2 Å². The van der Waals surface area contributed by atoms with Gasteiger partial charge < -0.3 is 33.4 Å². The van der Waals surface area contributed by atoms with Gasteiger partial charge in [-0.25, -0.2) is 15.0 Å². The van der Waals surface area contributed by atoms with E-state index in [1.165, 1.54) is 19.3 Å². The Hall–Kier alpha value is -3.51. The third-order valence-corrected chi connectivity index (χ3v) is 5.14. The predicted octanol–water partition coefficient (Wildman–Crippen LogP) is 6.68. The molecule has 12 heteroatoms. The van der Waals surface area contributed by atoms with Gasteiger partial charge in [0.1, 0.15) is 0 Å². The minimum atomic E-state index is -0.711. The summed E-state index contributed by atoms with van der Waals surface area (Å²) in [5, 5.41) is 16.0. The number of ether oxygens (including phenoxy) is 2. The Labute approximate surface area is 265 Å². The van der Waals surface area contributed by atoms with Gasteiger partial charge in [-0.05, 0) is 39.5 Å². The van der Waals surface area contributed by atoms with Gasteiger partial charge in [0.25, 0.3) is 0 Å². The van der Waals surface area contributed by atoms with E-state index in [0.29, 0.717) is 26.1 Å². The molecule has 3 heterocycles. The van der Waals surface area contributed by atoms with Gasteiger partial charge >= 0.3 is 11.9 Å². The number of aryl methyl sites for hydroxylation is 3. The van der Waals surface area contributed by atoms with Crippen LogP contribution in [0.4, 0.5) is 0 Å². The van der Waals surface area contributed by atoms with E-state index in [1.54, 1.807) is 25.8 Å².